The van der Waals surface area contributed by atoms with Crippen LogP contribution in [0, 0.1) is 0 Å². The quantitative estimate of drug-likeness (QED) is 0.901. The maximum Gasteiger partial charge on any atom is 0.139 e. The Kier molecular flexibility index (Phi) is 7.93. The Labute approximate surface area is 115 Å². The Morgan fingerprint density at radius 1 is 1.32 bits per heavy atom. The minimum absolute atomic E-state index is 0.629. The fourth-order valence-electron chi connectivity index (χ4n) is 1.63. The number of aromatic nitrogens is 1. The molecule has 0 spiro atoms. The highest BCUT2D eigenvalue weighted by Crippen LogP contribution is 2.12. The molecule has 0 amide bonds. The summed E-state index contributed by atoms with van der Waals surface area (Å²) in [5.74, 6) is 0.730. The van der Waals surface area contributed by atoms with Crippen molar-refractivity contribution in [3.8, 4) is 5.75 Å². The van der Waals surface area contributed by atoms with Gasteiger partial charge in [0, 0.05) is 25.7 Å². The van der Waals surface area contributed by atoms with Crippen molar-refractivity contribution >= 4 is 5.69 Å². The summed E-state index contributed by atoms with van der Waals surface area (Å²) < 4.78 is 10.8. The van der Waals surface area contributed by atoms with Crippen molar-refractivity contribution in [3.05, 3.63) is 18.5 Å². The molecule has 0 radical (unpaired) electrons. The van der Waals surface area contributed by atoms with Gasteiger partial charge >= 0.3 is 0 Å². The van der Waals surface area contributed by atoms with E-state index >= 15 is 0 Å². The monoisotopic (exact) mass is 267 g/mol. The molecule has 0 aromatic carbocycles. The van der Waals surface area contributed by atoms with Gasteiger partial charge in [-0.05, 0) is 0 Å². The Morgan fingerprint density at radius 3 is 2.63 bits per heavy atom. The van der Waals surface area contributed by atoms with Crippen LogP contribution in [0.3, 0.4) is 0 Å². The molecule has 2 heterocycles. The van der Waals surface area contributed by atoms with Crippen molar-refractivity contribution < 1.29 is 9.47 Å². The normalized spacial score (nSPS) is 15.5. The first-order chi connectivity index (χ1) is 9.26. The molecular weight excluding hydrogens is 242 g/mol. The van der Waals surface area contributed by atoms with E-state index in [-0.39, 0.29) is 0 Å². The highest BCUT2D eigenvalue weighted by Gasteiger charge is 2.09. The first-order valence-corrected chi connectivity index (χ1v) is 6.89. The molecular formula is C14H25N3O2. The highest BCUT2D eigenvalue weighted by atomic mass is 16.5. The molecule has 1 saturated heterocycles. The lowest BCUT2D eigenvalue weighted by molar-refractivity contribution is 0.0322. The maximum atomic E-state index is 5.60. The van der Waals surface area contributed by atoms with Gasteiger partial charge in [-0.15, -0.1) is 0 Å². The van der Waals surface area contributed by atoms with Crippen LogP contribution in [0.2, 0.25) is 0 Å². The lowest BCUT2D eigenvalue weighted by Crippen LogP contribution is -2.38. The minimum Gasteiger partial charge on any atom is -0.491 e. The van der Waals surface area contributed by atoms with Gasteiger partial charge in [0.2, 0.25) is 0 Å². The number of anilines is 1. The number of rotatable bonds is 4. The van der Waals surface area contributed by atoms with Crippen LogP contribution in [0.5, 0.6) is 5.75 Å². The fraction of sp³-hybridized carbons (Fsp3) is 0.643. The SMILES string of the molecule is CCC.Nc1cncc(OCCN2CCOCC2)c1. The average Bonchev–Trinajstić information content (AvgIpc) is 2.41. The highest BCUT2D eigenvalue weighted by molar-refractivity contribution is 5.39. The van der Waals surface area contributed by atoms with Crippen molar-refractivity contribution in [2.24, 2.45) is 0 Å². The largest absolute Gasteiger partial charge is 0.491 e. The number of hydrogen-bond donors (Lipinski definition) is 1. The van der Waals surface area contributed by atoms with Crippen molar-refractivity contribution in [3.63, 3.8) is 0 Å². The average molecular weight is 267 g/mol. The van der Waals surface area contributed by atoms with Crippen molar-refractivity contribution in [2.75, 3.05) is 45.2 Å². The van der Waals surface area contributed by atoms with E-state index in [4.69, 9.17) is 15.2 Å². The number of pyridine rings is 1. The Morgan fingerprint density at radius 2 is 2.00 bits per heavy atom. The third-order valence-corrected chi connectivity index (χ3v) is 2.51. The number of morpholine rings is 1. The lowest BCUT2D eigenvalue weighted by atomic mass is 10.4. The Hall–Kier alpha value is -1.33. The third kappa shape index (κ3) is 6.98. The summed E-state index contributed by atoms with van der Waals surface area (Å²) >= 11 is 0. The van der Waals surface area contributed by atoms with Crippen LogP contribution in [0.25, 0.3) is 0 Å². The predicted molar refractivity (Wildman–Crippen MR) is 77.4 cm³/mol. The Bertz CT molecular complexity index is 341. The van der Waals surface area contributed by atoms with Gasteiger partial charge in [-0.1, -0.05) is 20.3 Å². The van der Waals surface area contributed by atoms with Crippen LogP contribution >= 0.6 is 0 Å². The predicted octanol–water partition coefficient (Wildman–Crippen LogP) is 1.79. The molecule has 19 heavy (non-hydrogen) atoms. The summed E-state index contributed by atoms with van der Waals surface area (Å²) in [7, 11) is 0. The van der Waals surface area contributed by atoms with Gasteiger partial charge in [-0.3, -0.25) is 9.88 Å². The molecule has 0 saturated carbocycles. The van der Waals surface area contributed by atoms with E-state index in [1.807, 2.05) is 0 Å². The molecule has 2 rings (SSSR count). The molecule has 5 nitrogen and oxygen atoms in total. The molecule has 0 unspecified atom stereocenters. The van der Waals surface area contributed by atoms with E-state index in [0.29, 0.717) is 12.3 Å². The molecule has 1 fully saturated rings. The molecule has 5 heteroatoms. The molecule has 1 aliphatic rings. The number of hydrogen-bond acceptors (Lipinski definition) is 5. The number of nitrogen functional groups attached to an aromatic ring is 1. The van der Waals surface area contributed by atoms with Crippen molar-refractivity contribution in [2.45, 2.75) is 20.3 Å². The van der Waals surface area contributed by atoms with Gasteiger partial charge in [-0.2, -0.15) is 0 Å². The standard InChI is InChI=1S/C11H17N3O2.C3H8/c12-10-7-11(9-13-8-10)16-6-3-14-1-4-15-5-2-14;1-3-2/h7-9H,1-6,12H2;3H2,1-2H3. The van der Waals surface area contributed by atoms with Crippen LogP contribution in [0.15, 0.2) is 18.5 Å². The smallest absolute Gasteiger partial charge is 0.139 e. The minimum atomic E-state index is 0.629. The van der Waals surface area contributed by atoms with E-state index in [0.717, 1.165) is 38.6 Å². The molecule has 1 aliphatic heterocycles. The van der Waals surface area contributed by atoms with Gasteiger partial charge < -0.3 is 15.2 Å². The summed E-state index contributed by atoms with van der Waals surface area (Å²) in [4.78, 5) is 6.29. The summed E-state index contributed by atoms with van der Waals surface area (Å²) in [6.45, 7) is 9.43. The zero-order valence-corrected chi connectivity index (χ0v) is 12.0. The van der Waals surface area contributed by atoms with Crippen LogP contribution in [-0.4, -0.2) is 49.3 Å². The fourth-order valence-corrected chi connectivity index (χ4v) is 1.63. The third-order valence-electron chi connectivity index (χ3n) is 2.51. The molecule has 1 aromatic heterocycles. The Balaban J connectivity index is 0.000000550. The van der Waals surface area contributed by atoms with E-state index in [1.54, 1.807) is 18.5 Å². The van der Waals surface area contributed by atoms with Crippen molar-refractivity contribution in [1.29, 1.82) is 0 Å². The second-order valence-corrected chi connectivity index (χ2v) is 4.46. The summed E-state index contributed by atoms with van der Waals surface area (Å²) in [5.41, 5.74) is 6.23. The summed E-state index contributed by atoms with van der Waals surface area (Å²) in [5, 5.41) is 0. The zero-order chi connectivity index (χ0) is 13.9. The molecule has 0 bridgehead atoms. The van der Waals surface area contributed by atoms with Crippen LogP contribution in [-0.2, 0) is 4.74 Å². The topological polar surface area (TPSA) is 60.6 Å². The molecule has 0 aliphatic carbocycles. The zero-order valence-electron chi connectivity index (χ0n) is 12.0. The van der Waals surface area contributed by atoms with E-state index < -0.39 is 0 Å². The maximum absolute atomic E-state index is 5.60. The second-order valence-electron chi connectivity index (χ2n) is 4.46. The summed E-state index contributed by atoms with van der Waals surface area (Å²) in [6.07, 6.45) is 4.53. The van der Waals surface area contributed by atoms with E-state index in [2.05, 4.69) is 23.7 Å². The first kappa shape index (κ1) is 15.7. The molecule has 0 atom stereocenters. The number of nitrogens with zero attached hydrogens (tertiary/aromatic N) is 2. The molecule has 2 N–H and O–H groups in total. The lowest BCUT2D eigenvalue weighted by Gasteiger charge is -2.26. The molecule has 108 valence electrons. The first-order valence-electron chi connectivity index (χ1n) is 6.89. The van der Waals surface area contributed by atoms with Crippen molar-refractivity contribution in [1.82, 2.24) is 9.88 Å². The van der Waals surface area contributed by atoms with E-state index in [9.17, 15) is 0 Å². The summed E-state index contributed by atoms with van der Waals surface area (Å²) in [6, 6.07) is 1.78. The number of ether oxygens (including phenoxy) is 2. The van der Waals surface area contributed by atoms with Gasteiger partial charge in [0.1, 0.15) is 12.4 Å². The van der Waals surface area contributed by atoms with Gasteiger partial charge in [0.05, 0.1) is 31.3 Å². The van der Waals surface area contributed by atoms with Crippen LogP contribution in [0.1, 0.15) is 20.3 Å². The van der Waals surface area contributed by atoms with Crippen LogP contribution in [0.4, 0.5) is 5.69 Å². The van der Waals surface area contributed by atoms with Crippen LogP contribution < -0.4 is 10.5 Å². The van der Waals surface area contributed by atoms with Gasteiger partial charge in [-0.25, -0.2) is 0 Å². The second kappa shape index (κ2) is 9.58. The molecule has 1 aromatic rings. The number of nitrogens with two attached hydrogens (primary N) is 1. The van der Waals surface area contributed by atoms with Gasteiger partial charge in [0.25, 0.3) is 0 Å². The van der Waals surface area contributed by atoms with E-state index in [1.165, 1.54) is 6.42 Å². The van der Waals surface area contributed by atoms with Gasteiger partial charge in [0.15, 0.2) is 0 Å².